The van der Waals surface area contributed by atoms with Crippen molar-refractivity contribution in [2.24, 2.45) is 11.7 Å². The van der Waals surface area contributed by atoms with E-state index in [4.69, 9.17) is 10.5 Å². The van der Waals surface area contributed by atoms with Crippen molar-refractivity contribution >= 4 is 40.2 Å². The lowest BCUT2D eigenvalue weighted by Crippen LogP contribution is -2.42. The normalized spacial score (nSPS) is 12.2. The largest absolute Gasteiger partial charge is 0.382 e. The Balaban J connectivity index is 2.51. The average Bonchev–Trinajstić information content (AvgIpc) is 2.91. The third-order valence-corrected chi connectivity index (χ3v) is 5.20. The summed E-state index contributed by atoms with van der Waals surface area (Å²) in [7, 11) is 0. The predicted molar refractivity (Wildman–Crippen MR) is 91.7 cm³/mol. The van der Waals surface area contributed by atoms with Crippen molar-refractivity contribution in [1.82, 2.24) is 15.5 Å². The summed E-state index contributed by atoms with van der Waals surface area (Å²) in [5.41, 5.74) is 4.99. The maximum absolute atomic E-state index is 12.0. The SMILES string of the molecule is CCOCCCNc1nnc(SC(C(=O)NC(N)=O)C(C)C)s1. The zero-order valence-corrected chi connectivity index (χ0v) is 15.1. The number of hydrogen-bond acceptors (Lipinski definition) is 8. The van der Waals surface area contributed by atoms with Crippen LogP contribution >= 0.6 is 23.1 Å². The molecule has 1 aromatic heterocycles. The van der Waals surface area contributed by atoms with Gasteiger partial charge in [-0.25, -0.2) is 4.79 Å². The summed E-state index contributed by atoms with van der Waals surface area (Å²) in [6, 6.07) is -0.852. The average molecular weight is 361 g/mol. The van der Waals surface area contributed by atoms with Crippen LogP contribution in [0.3, 0.4) is 0 Å². The number of carbonyl (C=O) groups excluding carboxylic acids is 2. The van der Waals surface area contributed by atoms with Crippen molar-refractivity contribution < 1.29 is 14.3 Å². The molecule has 0 saturated heterocycles. The molecule has 130 valence electrons. The highest BCUT2D eigenvalue weighted by Crippen LogP contribution is 2.32. The van der Waals surface area contributed by atoms with E-state index >= 15 is 0 Å². The third-order valence-electron chi connectivity index (χ3n) is 2.69. The fourth-order valence-electron chi connectivity index (χ4n) is 1.64. The van der Waals surface area contributed by atoms with Gasteiger partial charge >= 0.3 is 6.03 Å². The molecule has 0 aliphatic heterocycles. The molecule has 1 heterocycles. The number of amides is 3. The molecule has 0 spiro atoms. The van der Waals surface area contributed by atoms with E-state index in [1.165, 1.54) is 23.1 Å². The Morgan fingerprint density at radius 2 is 2.13 bits per heavy atom. The maximum Gasteiger partial charge on any atom is 0.318 e. The number of aromatic nitrogens is 2. The van der Waals surface area contributed by atoms with Gasteiger partial charge in [-0.2, -0.15) is 0 Å². The second-order valence-corrected chi connectivity index (χ2v) is 7.35. The molecule has 0 aromatic carbocycles. The number of thioether (sulfide) groups is 1. The van der Waals surface area contributed by atoms with Crippen LogP contribution in [0.5, 0.6) is 0 Å². The van der Waals surface area contributed by atoms with Crippen LogP contribution in [0.25, 0.3) is 0 Å². The van der Waals surface area contributed by atoms with E-state index in [-0.39, 0.29) is 5.92 Å². The smallest absolute Gasteiger partial charge is 0.318 e. The summed E-state index contributed by atoms with van der Waals surface area (Å²) in [5, 5.41) is 13.6. The number of nitrogens with two attached hydrogens (primary N) is 1. The summed E-state index contributed by atoms with van der Waals surface area (Å²) in [6.07, 6.45) is 0.880. The van der Waals surface area contributed by atoms with Gasteiger partial charge in [0.15, 0.2) is 4.34 Å². The predicted octanol–water partition coefficient (Wildman–Crippen LogP) is 1.69. The number of rotatable bonds is 10. The molecule has 0 radical (unpaired) electrons. The zero-order valence-electron chi connectivity index (χ0n) is 13.5. The first kappa shape index (κ1) is 19.7. The molecule has 0 fully saturated rings. The molecule has 0 saturated carbocycles. The summed E-state index contributed by atoms with van der Waals surface area (Å²) < 4.78 is 5.92. The van der Waals surface area contributed by atoms with E-state index in [2.05, 4.69) is 20.8 Å². The Labute approximate surface area is 143 Å². The lowest BCUT2D eigenvalue weighted by Gasteiger charge is -2.16. The van der Waals surface area contributed by atoms with Gasteiger partial charge in [0.1, 0.15) is 0 Å². The quantitative estimate of drug-likeness (QED) is 0.428. The van der Waals surface area contributed by atoms with Gasteiger partial charge in [0.05, 0.1) is 5.25 Å². The number of ether oxygens (including phenoxy) is 1. The minimum atomic E-state index is -0.852. The molecule has 10 heteroatoms. The number of urea groups is 1. The first-order chi connectivity index (χ1) is 10.9. The molecular formula is C13H23N5O3S2. The molecule has 8 nitrogen and oxygen atoms in total. The van der Waals surface area contributed by atoms with E-state index in [9.17, 15) is 9.59 Å². The number of imide groups is 1. The van der Waals surface area contributed by atoms with Crippen molar-refractivity contribution in [1.29, 1.82) is 0 Å². The first-order valence-corrected chi connectivity index (χ1v) is 9.05. The van der Waals surface area contributed by atoms with Gasteiger partial charge in [-0.05, 0) is 19.3 Å². The highest BCUT2D eigenvalue weighted by atomic mass is 32.2. The number of hydrogen-bond donors (Lipinski definition) is 3. The topological polar surface area (TPSA) is 119 Å². The minimum Gasteiger partial charge on any atom is -0.382 e. The second-order valence-electron chi connectivity index (χ2n) is 4.99. The van der Waals surface area contributed by atoms with Gasteiger partial charge in [-0.3, -0.25) is 10.1 Å². The minimum absolute atomic E-state index is 0.0193. The fourth-order valence-corrected chi connectivity index (χ4v) is 3.62. The summed E-state index contributed by atoms with van der Waals surface area (Å²) in [5.74, 6) is -0.398. The monoisotopic (exact) mass is 361 g/mol. The lowest BCUT2D eigenvalue weighted by atomic mass is 10.1. The number of nitrogens with zero attached hydrogens (tertiary/aromatic N) is 2. The van der Waals surface area contributed by atoms with Crippen LogP contribution in [0, 0.1) is 5.92 Å². The van der Waals surface area contributed by atoms with Gasteiger partial charge < -0.3 is 15.8 Å². The molecule has 1 aromatic rings. The number of nitrogens with one attached hydrogen (secondary N) is 2. The molecule has 4 N–H and O–H groups in total. The van der Waals surface area contributed by atoms with E-state index in [0.29, 0.717) is 22.7 Å². The summed E-state index contributed by atoms with van der Waals surface area (Å²) >= 11 is 2.65. The molecule has 0 aliphatic rings. The van der Waals surface area contributed by atoms with Crippen LogP contribution in [0.4, 0.5) is 9.93 Å². The van der Waals surface area contributed by atoms with Gasteiger partial charge in [-0.15, -0.1) is 10.2 Å². The molecule has 1 unspecified atom stereocenters. The van der Waals surface area contributed by atoms with Crippen molar-refractivity contribution in [3.63, 3.8) is 0 Å². The standard InChI is InChI=1S/C13H23N5O3S2/c1-4-21-7-5-6-15-12-17-18-13(23-12)22-9(8(2)3)10(19)16-11(14)20/h8-9H,4-7H2,1-3H3,(H,15,17)(H3,14,16,19,20). The van der Waals surface area contributed by atoms with Gasteiger partial charge in [0.2, 0.25) is 11.0 Å². The highest BCUT2D eigenvalue weighted by Gasteiger charge is 2.26. The van der Waals surface area contributed by atoms with Crippen molar-refractivity contribution in [3.05, 3.63) is 0 Å². The molecule has 0 aliphatic carbocycles. The van der Waals surface area contributed by atoms with Gasteiger partial charge in [-0.1, -0.05) is 36.9 Å². The van der Waals surface area contributed by atoms with Crippen LogP contribution in [-0.2, 0) is 9.53 Å². The lowest BCUT2D eigenvalue weighted by molar-refractivity contribution is -0.120. The zero-order chi connectivity index (χ0) is 17.2. The van der Waals surface area contributed by atoms with E-state index in [0.717, 1.165) is 13.0 Å². The van der Waals surface area contributed by atoms with Gasteiger partial charge in [0, 0.05) is 19.8 Å². The Kier molecular flexibility index (Phi) is 8.89. The number of carbonyl (C=O) groups is 2. The number of anilines is 1. The van der Waals surface area contributed by atoms with Crippen molar-refractivity contribution in [2.75, 3.05) is 25.1 Å². The highest BCUT2D eigenvalue weighted by molar-refractivity contribution is 8.02. The van der Waals surface area contributed by atoms with Gasteiger partial charge in [0.25, 0.3) is 0 Å². The van der Waals surface area contributed by atoms with Crippen molar-refractivity contribution in [3.8, 4) is 0 Å². The summed E-state index contributed by atoms with van der Waals surface area (Å²) in [4.78, 5) is 22.8. The second kappa shape index (κ2) is 10.4. The summed E-state index contributed by atoms with van der Waals surface area (Å²) in [6.45, 7) is 7.91. The maximum atomic E-state index is 12.0. The van der Waals surface area contributed by atoms with Crippen LogP contribution in [0.15, 0.2) is 4.34 Å². The molecule has 0 bridgehead atoms. The molecular weight excluding hydrogens is 338 g/mol. The Morgan fingerprint density at radius 1 is 1.39 bits per heavy atom. The van der Waals surface area contributed by atoms with E-state index < -0.39 is 17.2 Å². The number of primary amides is 1. The van der Waals surface area contributed by atoms with Crippen LogP contribution in [-0.4, -0.2) is 47.1 Å². The van der Waals surface area contributed by atoms with Crippen molar-refractivity contribution in [2.45, 2.75) is 36.8 Å². The molecule has 1 rings (SSSR count). The Bertz CT molecular complexity index is 510. The van der Waals surface area contributed by atoms with E-state index in [1.807, 2.05) is 20.8 Å². The fraction of sp³-hybridized carbons (Fsp3) is 0.692. The Hall–Kier alpha value is -1.39. The molecule has 1 atom stereocenters. The van der Waals surface area contributed by atoms with Crippen LogP contribution in [0.1, 0.15) is 27.2 Å². The third kappa shape index (κ3) is 7.62. The van der Waals surface area contributed by atoms with Crippen LogP contribution in [0.2, 0.25) is 0 Å². The van der Waals surface area contributed by atoms with Crippen LogP contribution < -0.4 is 16.4 Å². The first-order valence-electron chi connectivity index (χ1n) is 7.36. The molecule has 3 amide bonds. The molecule has 23 heavy (non-hydrogen) atoms. The van der Waals surface area contributed by atoms with E-state index in [1.54, 1.807) is 0 Å². The Morgan fingerprint density at radius 3 is 2.74 bits per heavy atom.